The summed E-state index contributed by atoms with van der Waals surface area (Å²) < 4.78 is 0. The molecule has 72 valence electrons. The summed E-state index contributed by atoms with van der Waals surface area (Å²) in [5.74, 6) is 0.000787. The van der Waals surface area contributed by atoms with E-state index in [4.69, 9.17) is 5.26 Å². The molecule has 1 rings (SSSR count). The van der Waals surface area contributed by atoms with Gasteiger partial charge in [0.15, 0.2) is 0 Å². The maximum Gasteiger partial charge on any atom is 0.240 e. The zero-order valence-electron chi connectivity index (χ0n) is 8.29. The van der Waals surface area contributed by atoms with Gasteiger partial charge in [-0.1, -0.05) is 0 Å². The lowest BCUT2D eigenvalue weighted by atomic mass is 9.97. The van der Waals surface area contributed by atoms with Gasteiger partial charge < -0.3 is 5.32 Å². The van der Waals surface area contributed by atoms with Crippen molar-refractivity contribution in [3.63, 3.8) is 0 Å². The van der Waals surface area contributed by atoms with Gasteiger partial charge >= 0.3 is 0 Å². The standard InChI is InChI=1S/C9H15N3O/c1-7(6-10)12-5-4-11-8(13)9(12,2)3/h7H,4-5H2,1-3H3,(H,11,13). The lowest BCUT2D eigenvalue weighted by Crippen LogP contribution is -2.63. The molecule has 0 aromatic heterocycles. The highest BCUT2D eigenvalue weighted by atomic mass is 16.2. The van der Waals surface area contributed by atoms with Crippen LogP contribution in [0.25, 0.3) is 0 Å². The number of piperazine rings is 1. The molecule has 1 fully saturated rings. The van der Waals surface area contributed by atoms with Gasteiger partial charge in [0.05, 0.1) is 17.6 Å². The lowest BCUT2D eigenvalue weighted by molar-refractivity contribution is -0.135. The van der Waals surface area contributed by atoms with Crippen molar-refractivity contribution < 1.29 is 4.79 Å². The Morgan fingerprint density at radius 1 is 1.69 bits per heavy atom. The van der Waals surface area contributed by atoms with Gasteiger partial charge in [-0.25, -0.2) is 0 Å². The maximum absolute atomic E-state index is 11.5. The van der Waals surface area contributed by atoms with E-state index in [-0.39, 0.29) is 11.9 Å². The van der Waals surface area contributed by atoms with Crippen LogP contribution in [0.5, 0.6) is 0 Å². The number of rotatable bonds is 1. The third-order valence-corrected chi connectivity index (χ3v) is 2.57. The number of hydrogen-bond donors (Lipinski definition) is 1. The van der Waals surface area contributed by atoms with Crippen molar-refractivity contribution in [2.75, 3.05) is 13.1 Å². The fourth-order valence-electron chi connectivity index (χ4n) is 1.66. The minimum Gasteiger partial charge on any atom is -0.353 e. The molecule has 0 aromatic rings. The van der Waals surface area contributed by atoms with E-state index < -0.39 is 5.54 Å². The Balaban J connectivity index is 2.85. The highest BCUT2D eigenvalue weighted by Crippen LogP contribution is 2.19. The minimum atomic E-state index is -0.562. The molecule has 1 N–H and O–H groups in total. The highest BCUT2D eigenvalue weighted by molar-refractivity contribution is 5.86. The fourth-order valence-corrected chi connectivity index (χ4v) is 1.66. The Labute approximate surface area is 78.5 Å². The molecule has 1 amide bonds. The van der Waals surface area contributed by atoms with Crippen LogP contribution in [0.2, 0.25) is 0 Å². The largest absolute Gasteiger partial charge is 0.353 e. The summed E-state index contributed by atoms with van der Waals surface area (Å²) in [6.07, 6.45) is 0. The SMILES string of the molecule is CC(C#N)N1CCNC(=O)C1(C)C. The molecule has 4 heteroatoms. The quantitative estimate of drug-likeness (QED) is 0.624. The minimum absolute atomic E-state index is 0.000787. The van der Waals surface area contributed by atoms with Crippen LogP contribution in [-0.2, 0) is 4.79 Å². The molecule has 1 aliphatic rings. The zero-order valence-corrected chi connectivity index (χ0v) is 8.29. The van der Waals surface area contributed by atoms with Gasteiger partial charge in [-0.2, -0.15) is 5.26 Å². The van der Waals surface area contributed by atoms with Crippen LogP contribution in [0.3, 0.4) is 0 Å². The number of nitrogens with one attached hydrogen (secondary N) is 1. The molecule has 0 saturated carbocycles. The van der Waals surface area contributed by atoms with Crippen molar-refractivity contribution in [3.8, 4) is 6.07 Å². The van der Waals surface area contributed by atoms with Gasteiger partial charge in [0.1, 0.15) is 0 Å². The predicted molar refractivity (Wildman–Crippen MR) is 48.9 cm³/mol. The first kappa shape index (κ1) is 10.0. The monoisotopic (exact) mass is 181 g/mol. The van der Waals surface area contributed by atoms with Gasteiger partial charge in [-0.3, -0.25) is 9.69 Å². The number of nitrogens with zero attached hydrogens (tertiary/aromatic N) is 2. The van der Waals surface area contributed by atoms with Crippen LogP contribution >= 0.6 is 0 Å². The fraction of sp³-hybridized carbons (Fsp3) is 0.778. The molecule has 1 saturated heterocycles. The second-order valence-corrected chi connectivity index (χ2v) is 3.81. The van der Waals surface area contributed by atoms with Crippen LogP contribution in [-0.4, -0.2) is 35.5 Å². The Morgan fingerprint density at radius 3 is 2.85 bits per heavy atom. The van der Waals surface area contributed by atoms with E-state index in [1.165, 1.54) is 0 Å². The Hall–Kier alpha value is -1.08. The van der Waals surface area contributed by atoms with E-state index in [0.29, 0.717) is 6.54 Å². The number of hydrogen-bond acceptors (Lipinski definition) is 3. The molecule has 0 aliphatic carbocycles. The average molecular weight is 181 g/mol. The molecule has 1 unspecified atom stereocenters. The van der Waals surface area contributed by atoms with E-state index in [2.05, 4.69) is 11.4 Å². The lowest BCUT2D eigenvalue weighted by Gasteiger charge is -2.42. The van der Waals surface area contributed by atoms with Crippen molar-refractivity contribution in [1.82, 2.24) is 10.2 Å². The molecule has 0 spiro atoms. The Kier molecular flexibility index (Phi) is 2.58. The second kappa shape index (κ2) is 3.35. The van der Waals surface area contributed by atoms with Crippen molar-refractivity contribution >= 4 is 5.91 Å². The molecule has 1 heterocycles. The van der Waals surface area contributed by atoms with Gasteiger partial charge in [0.25, 0.3) is 0 Å². The van der Waals surface area contributed by atoms with Crippen LogP contribution in [0, 0.1) is 11.3 Å². The molecule has 0 radical (unpaired) electrons. The molecular weight excluding hydrogens is 166 g/mol. The number of amides is 1. The van der Waals surface area contributed by atoms with Crippen LogP contribution in [0.15, 0.2) is 0 Å². The average Bonchev–Trinajstić information content (AvgIpc) is 2.08. The highest BCUT2D eigenvalue weighted by Gasteiger charge is 2.39. The smallest absolute Gasteiger partial charge is 0.240 e. The van der Waals surface area contributed by atoms with E-state index in [1.807, 2.05) is 25.7 Å². The summed E-state index contributed by atoms with van der Waals surface area (Å²) in [4.78, 5) is 13.4. The maximum atomic E-state index is 11.5. The van der Waals surface area contributed by atoms with Crippen LogP contribution in [0.4, 0.5) is 0 Å². The molecule has 13 heavy (non-hydrogen) atoms. The molecule has 0 aromatic carbocycles. The predicted octanol–water partition coefficient (Wildman–Crippen LogP) is 0.109. The Morgan fingerprint density at radius 2 is 2.31 bits per heavy atom. The van der Waals surface area contributed by atoms with E-state index in [0.717, 1.165) is 6.54 Å². The van der Waals surface area contributed by atoms with Gasteiger partial charge in [0, 0.05) is 13.1 Å². The summed E-state index contributed by atoms with van der Waals surface area (Å²) >= 11 is 0. The molecular formula is C9H15N3O. The van der Waals surface area contributed by atoms with Gasteiger partial charge in [-0.05, 0) is 20.8 Å². The van der Waals surface area contributed by atoms with E-state index in [1.54, 1.807) is 0 Å². The Bertz CT molecular complexity index is 254. The first-order valence-electron chi connectivity index (χ1n) is 4.45. The van der Waals surface area contributed by atoms with Crippen molar-refractivity contribution in [1.29, 1.82) is 5.26 Å². The molecule has 0 bridgehead atoms. The molecule has 1 aliphatic heterocycles. The second-order valence-electron chi connectivity index (χ2n) is 3.81. The summed E-state index contributed by atoms with van der Waals surface area (Å²) in [5, 5.41) is 11.6. The summed E-state index contributed by atoms with van der Waals surface area (Å²) in [5.41, 5.74) is -0.562. The molecule has 1 atom stereocenters. The van der Waals surface area contributed by atoms with E-state index >= 15 is 0 Å². The number of carbonyl (C=O) groups is 1. The van der Waals surface area contributed by atoms with Crippen molar-refractivity contribution in [2.24, 2.45) is 0 Å². The van der Waals surface area contributed by atoms with Crippen LogP contribution < -0.4 is 5.32 Å². The van der Waals surface area contributed by atoms with Crippen molar-refractivity contribution in [3.05, 3.63) is 0 Å². The zero-order chi connectivity index (χ0) is 10.1. The first-order chi connectivity index (χ1) is 6.00. The normalized spacial score (nSPS) is 24.6. The van der Waals surface area contributed by atoms with Crippen LogP contribution in [0.1, 0.15) is 20.8 Å². The van der Waals surface area contributed by atoms with Crippen molar-refractivity contribution in [2.45, 2.75) is 32.4 Å². The first-order valence-corrected chi connectivity index (χ1v) is 4.45. The van der Waals surface area contributed by atoms with E-state index in [9.17, 15) is 4.79 Å². The van der Waals surface area contributed by atoms with Gasteiger partial charge in [0.2, 0.25) is 5.91 Å². The third-order valence-electron chi connectivity index (χ3n) is 2.57. The molecule has 4 nitrogen and oxygen atoms in total. The summed E-state index contributed by atoms with van der Waals surface area (Å²) in [6.45, 7) is 6.88. The number of carbonyl (C=O) groups excluding carboxylic acids is 1. The summed E-state index contributed by atoms with van der Waals surface area (Å²) in [6, 6.07) is 1.95. The van der Waals surface area contributed by atoms with Gasteiger partial charge in [-0.15, -0.1) is 0 Å². The summed E-state index contributed by atoms with van der Waals surface area (Å²) in [7, 11) is 0. The number of nitriles is 1. The topological polar surface area (TPSA) is 56.1 Å². The third kappa shape index (κ3) is 1.65.